The number of aromatic amines is 1. The van der Waals surface area contributed by atoms with Gasteiger partial charge in [-0.05, 0) is 48.7 Å². The number of nitrogens with one attached hydrogen (secondary N) is 1. The van der Waals surface area contributed by atoms with Crippen LogP contribution in [0.5, 0.6) is 5.75 Å². The van der Waals surface area contributed by atoms with Gasteiger partial charge in [-0.15, -0.1) is 0 Å². The van der Waals surface area contributed by atoms with Crippen LogP contribution >= 0.6 is 0 Å². The van der Waals surface area contributed by atoms with Gasteiger partial charge in [0.05, 0.1) is 7.11 Å². The molecule has 1 aliphatic rings. The number of fused-ring (bicyclic) bond motifs is 1. The van der Waals surface area contributed by atoms with Crippen LogP contribution in [0.1, 0.15) is 27.9 Å². The largest absolute Gasteiger partial charge is 0.497 e. The molecule has 0 aliphatic carbocycles. The van der Waals surface area contributed by atoms with Gasteiger partial charge in [0, 0.05) is 41.3 Å². The standard InChI is InChI=1S/C22H22N2O2/c1-15-5-3-4-6-18(15)22(25)24-11-9-16(10-12-24)20-14-23-21-8-7-17(26-2)13-19(20)21/h3-9,13-14,23H,10-12H2,1-2H3. The van der Waals surface area contributed by atoms with Gasteiger partial charge in [0.25, 0.3) is 5.91 Å². The van der Waals surface area contributed by atoms with E-state index in [9.17, 15) is 4.79 Å². The first kappa shape index (κ1) is 16.5. The van der Waals surface area contributed by atoms with Crippen molar-refractivity contribution in [3.63, 3.8) is 0 Å². The van der Waals surface area contributed by atoms with Crippen LogP contribution in [0.15, 0.2) is 54.7 Å². The van der Waals surface area contributed by atoms with Crippen molar-refractivity contribution in [2.75, 3.05) is 20.2 Å². The summed E-state index contributed by atoms with van der Waals surface area (Å²) in [5, 5.41) is 1.16. The highest BCUT2D eigenvalue weighted by molar-refractivity contribution is 5.97. The zero-order chi connectivity index (χ0) is 18.1. The second kappa shape index (κ2) is 6.71. The predicted molar refractivity (Wildman–Crippen MR) is 105 cm³/mol. The summed E-state index contributed by atoms with van der Waals surface area (Å²) >= 11 is 0. The van der Waals surface area contributed by atoms with Crippen molar-refractivity contribution in [1.29, 1.82) is 0 Å². The highest BCUT2D eigenvalue weighted by Crippen LogP contribution is 2.31. The molecule has 1 N–H and O–H groups in total. The van der Waals surface area contributed by atoms with Crippen LogP contribution in [0.4, 0.5) is 0 Å². The molecule has 4 nitrogen and oxygen atoms in total. The predicted octanol–water partition coefficient (Wildman–Crippen LogP) is 4.41. The molecule has 0 radical (unpaired) electrons. The Morgan fingerprint density at radius 2 is 2.04 bits per heavy atom. The zero-order valence-corrected chi connectivity index (χ0v) is 15.1. The number of carbonyl (C=O) groups is 1. The van der Waals surface area contributed by atoms with E-state index in [1.807, 2.05) is 48.2 Å². The van der Waals surface area contributed by atoms with Gasteiger partial charge in [0.15, 0.2) is 0 Å². The summed E-state index contributed by atoms with van der Waals surface area (Å²) < 4.78 is 5.36. The second-order valence-corrected chi connectivity index (χ2v) is 6.66. The Labute approximate surface area is 153 Å². The maximum absolute atomic E-state index is 12.8. The molecule has 1 aliphatic heterocycles. The van der Waals surface area contributed by atoms with Crippen molar-refractivity contribution in [3.05, 3.63) is 71.4 Å². The number of nitrogens with zero attached hydrogens (tertiary/aromatic N) is 1. The average molecular weight is 346 g/mol. The van der Waals surface area contributed by atoms with Crippen LogP contribution in [0.2, 0.25) is 0 Å². The third kappa shape index (κ3) is 2.88. The lowest BCUT2D eigenvalue weighted by Gasteiger charge is -2.27. The Kier molecular flexibility index (Phi) is 4.25. The van der Waals surface area contributed by atoms with Crippen molar-refractivity contribution < 1.29 is 9.53 Å². The van der Waals surface area contributed by atoms with Crippen molar-refractivity contribution in [2.24, 2.45) is 0 Å². The first-order valence-electron chi connectivity index (χ1n) is 8.87. The van der Waals surface area contributed by atoms with Crippen LogP contribution in [-0.4, -0.2) is 36.0 Å². The number of aromatic nitrogens is 1. The van der Waals surface area contributed by atoms with Crippen LogP contribution in [0.25, 0.3) is 16.5 Å². The molecule has 0 saturated carbocycles. The fourth-order valence-corrected chi connectivity index (χ4v) is 3.57. The van der Waals surface area contributed by atoms with E-state index in [4.69, 9.17) is 4.74 Å². The average Bonchev–Trinajstić information content (AvgIpc) is 3.11. The SMILES string of the molecule is COc1ccc2[nH]cc(C3=CCN(C(=O)c4ccccc4C)CC3)c2c1. The Morgan fingerprint density at radius 3 is 2.77 bits per heavy atom. The number of hydrogen-bond acceptors (Lipinski definition) is 2. The maximum atomic E-state index is 12.8. The molecule has 0 spiro atoms. The molecule has 4 heteroatoms. The number of carbonyl (C=O) groups excluding carboxylic acids is 1. The first-order valence-corrected chi connectivity index (χ1v) is 8.87. The van der Waals surface area contributed by atoms with Gasteiger partial charge in [0.1, 0.15) is 5.75 Å². The van der Waals surface area contributed by atoms with E-state index in [1.54, 1.807) is 7.11 Å². The molecule has 26 heavy (non-hydrogen) atoms. The number of rotatable bonds is 3. The third-order valence-electron chi connectivity index (χ3n) is 5.11. The Hall–Kier alpha value is -3.01. The van der Waals surface area contributed by atoms with Gasteiger partial charge in [-0.1, -0.05) is 24.3 Å². The Balaban J connectivity index is 1.58. The molecule has 1 aromatic heterocycles. The molecular weight excluding hydrogens is 324 g/mol. The summed E-state index contributed by atoms with van der Waals surface area (Å²) in [6.45, 7) is 3.35. The highest BCUT2D eigenvalue weighted by atomic mass is 16.5. The lowest BCUT2D eigenvalue weighted by atomic mass is 9.98. The Morgan fingerprint density at radius 1 is 1.19 bits per heavy atom. The van der Waals surface area contributed by atoms with E-state index in [0.29, 0.717) is 6.54 Å². The number of aryl methyl sites for hydroxylation is 1. The monoisotopic (exact) mass is 346 g/mol. The summed E-state index contributed by atoms with van der Waals surface area (Å²) in [6, 6.07) is 13.8. The van der Waals surface area contributed by atoms with E-state index in [0.717, 1.165) is 40.7 Å². The smallest absolute Gasteiger partial charge is 0.254 e. The van der Waals surface area contributed by atoms with E-state index in [2.05, 4.69) is 23.3 Å². The van der Waals surface area contributed by atoms with Gasteiger partial charge < -0.3 is 14.6 Å². The number of hydrogen-bond donors (Lipinski definition) is 1. The normalized spacial score (nSPS) is 14.4. The third-order valence-corrected chi connectivity index (χ3v) is 5.11. The summed E-state index contributed by atoms with van der Waals surface area (Å²) in [6.07, 6.45) is 5.07. The van der Waals surface area contributed by atoms with Gasteiger partial charge in [-0.2, -0.15) is 0 Å². The molecule has 132 valence electrons. The van der Waals surface area contributed by atoms with Crippen LogP contribution < -0.4 is 4.74 Å². The van der Waals surface area contributed by atoms with Crippen LogP contribution in [0.3, 0.4) is 0 Å². The van der Waals surface area contributed by atoms with E-state index in [-0.39, 0.29) is 5.91 Å². The summed E-state index contributed by atoms with van der Waals surface area (Å²) in [7, 11) is 1.68. The lowest BCUT2D eigenvalue weighted by Crippen LogP contribution is -2.35. The van der Waals surface area contributed by atoms with Crippen LogP contribution in [0, 0.1) is 6.92 Å². The molecule has 4 rings (SSSR count). The molecule has 0 fully saturated rings. The molecule has 0 atom stereocenters. The lowest BCUT2D eigenvalue weighted by molar-refractivity contribution is 0.0772. The quantitative estimate of drug-likeness (QED) is 0.763. The number of amides is 1. The van der Waals surface area contributed by atoms with Crippen molar-refractivity contribution in [2.45, 2.75) is 13.3 Å². The van der Waals surface area contributed by atoms with Crippen molar-refractivity contribution in [1.82, 2.24) is 9.88 Å². The van der Waals surface area contributed by atoms with E-state index in [1.165, 1.54) is 11.1 Å². The Bertz CT molecular complexity index is 1000. The minimum Gasteiger partial charge on any atom is -0.497 e. The van der Waals surface area contributed by atoms with Gasteiger partial charge in [0.2, 0.25) is 0 Å². The molecule has 0 unspecified atom stereocenters. The van der Waals surface area contributed by atoms with Gasteiger partial charge in [-0.3, -0.25) is 4.79 Å². The first-order chi connectivity index (χ1) is 12.7. The summed E-state index contributed by atoms with van der Waals surface area (Å²) in [5.74, 6) is 0.963. The number of benzene rings is 2. The number of H-pyrrole nitrogens is 1. The van der Waals surface area contributed by atoms with Crippen molar-refractivity contribution in [3.8, 4) is 5.75 Å². The molecule has 2 aromatic carbocycles. The molecule has 2 heterocycles. The van der Waals surface area contributed by atoms with E-state index >= 15 is 0 Å². The summed E-state index contributed by atoms with van der Waals surface area (Å²) in [5.41, 5.74) is 5.39. The molecule has 0 bridgehead atoms. The van der Waals surface area contributed by atoms with Gasteiger partial charge in [-0.25, -0.2) is 0 Å². The maximum Gasteiger partial charge on any atom is 0.254 e. The molecular formula is C22H22N2O2. The number of ether oxygens (including phenoxy) is 1. The van der Waals surface area contributed by atoms with Crippen LogP contribution in [-0.2, 0) is 0 Å². The minimum absolute atomic E-state index is 0.110. The summed E-state index contributed by atoms with van der Waals surface area (Å²) in [4.78, 5) is 18.0. The highest BCUT2D eigenvalue weighted by Gasteiger charge is 2.21. The zero-order valence-electron chi connectivity index (χ0n) is 15.1. The van der Waals surface area contributed by atoms with E-state index < -0.39 is 0 Å². The topological polar surface area (TPSA) is 45.3 Å². The fourth-order valence-electron chi connectivity index (χ4n) is 3.57. The fraction of sp³-hybridized carbons (Fsp3) is 0.227. The van der Waals surface area contributed by atoms with Gasteiger partial charge >= 0.3 is 0 Å². The van der Waals surface area contributed by atoms with Crippen molar-refractivity contribution >= 4 is 22.4 Å². The molecule has 0 saturated heterocycles. The minimum atomic E-state index is 0.110. The molecule has 3 aromatic rings. The second-order valence-electron chi connectivity index (χ2n) is 6.66. The molecule has 1 amide bonds. The number of methoxy groups -OCH3 is 1.